The molecule has 1 N–H and O–H groups in total. The third-order valence-corrected chi connectivity index (χ3v) is 1.98. The Hall–Kier alpha value is -0.830. The minimum Gasteiger partial charge on any atom is -0.347 e. The molecule has 0 spiro atoms. The highest BCUT2D eigenvalue weighted by Crippen LogP contribution is 2.22. The van der Waals surface area contributed by atoms with Gasteiger partial charge in [-0.15, -0.1) is 0 Å². The van der Waals surface area contributed by atoms with Gasteiger partial charge in [-0.1, -0.05) is 12.7 Å². The van der Waals surface area contributed by atoms with Crippen LogP contribution in [0.5, 0.6) is 0 Å². The van der Waals surface area contributed by atoms with Gasteiger partial charge in [0.25, 0.3) is 0 Å². The maximum Gasteiger partial charge on any atom is 0.138 e. The predicted octanol–water partition coefficient (Wildman–Crippen LogP) is 2.31. The molecule has 0 aromatic rings. The second-order valence-corrected chi connectivity index (χ2v) is 2.86. The van der Waals surface area contributed by atoms with Crippen molar-refractivity contribution in [2.45, 2.75) is 6.92 Å². The molecule has 1 aliphatic rings. The molecule has 0 fully saturated rings. The van der Waals surface area contributed by atoms with Gasteiger partial charge < -0.3 is 5.32 Å². The van der Waals surface area contributed by atoms with Gasteiger partial charge >= 0.3 is 0 Å². The van der Waals surface area contributed by atoms with Gasteiger partial charge in [-0.05, 0) is 29.1 Å². The van der Waals surface area contributed by atoms with E-state index >= 15 is 0 Å². The van der Waals surface area contributed by atoms with Crippen molar-refractivity contribution in [1.82, 2.24) is 5.32 Å². The molecule has 0 atom stereocenters. The molecule has 0 unspecified atom stereocenters. The SMILES string of the molecule is C=CNC1=NC=C(Br)/C1=C/C. The fourth-order valence-electron chi connectivity index (χ4n) is 0.860. The van der Waals surface area contributed by atoms with Crippen molar-refractivity contribution >= 4 is 21.8 Å². The van der Waals surface area contributed by atoms with Crippen LogP contribution in [-0.2, 0) is 0 Å². The Kier molecular flexibility index (Phi) is 2.65. The van der Waals surface area contributed by atoms with E-state index in [-0.39, 0.29) is 0 Å². The topological polar surface area (TPSA) is 24.4 Å². The van der Waals surface area contributed by atoms with Crippen LogP contribution in [-0.4, -0.2) is 5.84 Å². The summed E-state index contributed by atoms with van der Waals surface area (Å²) in [7, 11) is 0. The Balaban J connectivity index is 2.82. The van der Waals surface area contributed by atoms with Crippen molar-refractivity contribution < 1.29 is 0 Å². The van der Waals surface area contributed by atoms with Crippen LogP contribution in [0.2, 0.25) is 0 Å². The van der Waals surface area contributed by atoms with Gasteiger partial charge in [0.1, 0.15) is 5.84 Å². The maximum atomic E-state index is 4.12. The first-order valence-electron chi connectivity index (χ1n) is 3.27. The maximum absolute atomic E-state index is 4.12. The molecule has 0 aliphatic carbocycles. The van der Waals surface area contributed by atoms with Crippen LogP contribution in [0.1, 0.15) is 6.92 Å². The van der Waals surface area contributed by atoms with Crippen LogP contribution in [0.25, 0.3) is 0 Å². The Labute approximate surface area is 74.5 Å². The molecule has 0 saturated heterocycles. The second kappa shape index (κ2) is 3.53. The molecule has 1 aliphatic heterocycles. The first kappa shape index (κ1) is 8.27. The van der Waals surface area contributed by atoms with Crippen molar-refractivity contribution in [2.24, 2.45) is 4.99 Å². The molecule has 0 radical (unpaired) electrons. The van der Waals surface area contributed by atoms with E-state index in [1.54, 1.807) is 12.4 Å². The van der Waals surface area contributed by atoms with E-state index in [1.165, 1.54) is 0 Å². The zero-order valence-corrected chi connectivity index (χ0v) is 7.85. The van der Waals surface area contributed by atoms with Crippen molar-refractivity contribution in [2.75, 3.05) is 0 Å². The molecule has 0 saturated carbocycles. The summed E-state index contributed by atoms with van der Waals surface area (Å²) in [6.45, 7) is 5.53. The van der Waals surface area contributed by atoms with E-state index in [2.05, 4.69) is 32.8 Å². The highest BCUT2D eigenvalue weighted by atomic mass is 79.9. The molecule has 0 aromatic heterocycles. The number of aliphatic imine (C=N–C) groups is 1. The van der Waals surface area contributed by atoms with Gasteiger partial charge in [0.05, 0.1) is 0 Å². The number of allylic oxidation sites excluding steroid dienone is 1. The summed E-state index contributed by atoms with van der Waals surface area (Å²) in [6, 6.07) is 0. The normalized spacial score (nSPS) is 19.6. The average Bonchev–Trinajstić information content (AvgIpc) is 2.33. The lowest BCUT2D eigenvalue weighted by Gasteiger charge is -2.01. The molecule has 58 valence electrons. The van der Waals surface area contributed by atoms with E-state index in [9.17, 15) is 0 Å². The lowest BCUT2D eigenvalue weighted by atomic mass is 10.2. The molecular formula is C8H9BrN2. The molecule has 0 amide bonds. The Bertz CT molecular complexity index is 261. The predicted molar refractivity (Wildman–Crippen MR) is 51.5 cm³/mol. The summed E-state index contributed by atoms with van der Waals surface area (Å²) in [5.74, 6) is 0.842. The van der Waals surface area contributed by atoms with Crippen LogP contribution in [0.3, 0.4) is 0 Å². The first-order valence-corrected chi connectivity index (χ1v) is 4.07. The monoisotopic (exact) mass is 212 g/mol. The highest BCUT2D eigenvalue weighted by Gasteiger charge is 2.12. The van der Waals surface area contributed by atoms with Crippen LogP contribution in [0, 0.1) is 0 Å². The molecule has 0 aromatic carbocycles. The van der Waals surface area contributed by atoms with E-state index in [1.807, 2.05) is 13.0 Å². The second-order valence-electron chi connectivity index (χ2n) is 2.01. The van der Waals surface area contributed by atoms with E-state index in [4.69, 9.17) is 0 Å². The van der Waals surface area contributed by atoms with Gasteiger partial charge in [-0.25, -0.2) is 4.99 Å². The molecule has 1 heterocycles. The van der Waals surface area contributed by atoms with Crippen molar-refractivity contribution in [3.05, 3.63) is 35.1 Å². The van der Waals surface area contributed by atoms with Crippen LogP contribution in [0.4, 0.5) is 0 Å². The third kappa shape index (κ3) is 1.60. The number of rotatable bonds is 1. The van der Waals surface area contributed by atoms with Crippen molar-refractivity contribution in [3.8, 4) is 0 Å². The quantitative estimate of drug-likeness (QED) is 0.710. The van der Waals surface area contributed by atoms with E-state index < -0.39 is 0 Å². The number of hydrogen-bond acceptors (Lipinski definition) is 2. The summed E-state index contributed by atoms with van der Waals surface area (Å²) >= 11 is 3.38. The Morgan fingerprint density at radius 3 is 3.00 bits per heavy atom. The molecular weight excluding hydrogens is 204 g/mol. The Morgan fingerprint density at radius 2 is 2.45 bits per heavy atom. The smallest absolute Gasteiger partial charge is 0.138 e. The lowest BCUT2D eigenvalue weighted by Crippen LogP contribution is -2.16. The Morgan fingerprint density at radius 1 is 1.73 bits per heavy atom. The van der Waals surface area contributed by atoms with Gasteiger partial charge in [-0.2, -0.15) is 0 Å². The zero-order chi connectivity index (χ0) is 8.27. The number of amidine groups is 1. The minimum atomic E-state index is 0.842. The standard InChI is InChI=1S/C8H9BrN2/c1-3-6-7(9)5-11-8(6)10-4-2/h3-5H,2H2,1H3,(H,10,11)/b6-3-. The molecule has 11 heavy (non-hydrogen) atoms. The number of hydrogen-bond donors (Lipinski definition) is 1. The third-order valence-electron chi connectivity index (χ3n) is 1.35. The zero-order valence-electron chi connectivity index (χ0n) is 6.26. The van der Waals surface area contributed by atoms with Gasteiger partial charge in [0, 0.05) is 16.3 Å². The van der Waals surface area contributed by atoms with Crippen molar-refractivity contribution in [1.29, 1.82) is 0 Å². The van der Waals surface area contributed by atoms with Gasteiger partial charge in [0.2, 0.25) is 0 Å². The summed E-state index contributed by atoms with van der Waals surface area (Å²) in [6.07, 6.45) is 5.37. The van der Waals surface area contributed by atoms with Gasteiger partial charge in [0.15, 0.2) is 0 Å². The average molecular weight is 213 g/mol. The van der Waals surface area contributed by atoms with E-state index in [0.717, 1.165) is 15.9 Å². The van der Waals surface area contributed by atoms with Crippen LogP contribution in [0.15, 0.2) is 40.1 Å². The fraction of sp³-hybridized carbons (Fsp3) is 0.125. The largest absolute Gasteiger partial charge is 0.347 e. The minimum absolute atomic E-state index is 0.842. The summed E-state index contributed by atoms with van der Waals surface area (Å²) in [5.41, 5.74) is 1.07. The number of nitrogens with one attached hydrogen (secondary N) is 1. The molecule has 0 bridgehead atoms. The number of nitrogens with zero attached hydrogens (tertiary/aromatic N) is 1. The van der Waals surface area contributed by atoms with Gasteiger partial charge in [-0.3, -0.25) is 0 Å². The summed E-state index contributed by atoms with van der Waals surface area (Å²) in [5, 5.41) is 2.94. The first-order chi connectivity index (χ1) is 5.29. The van der Waals surface area contributed by atoms with Crippen molar-refractivity contribution in [3.63, 3.8) is 0 Å². The van der Waals surface area contributed by atoms with Crippen LogP contribution < -0.4 is 5.32 Å². The molecule has 3 heteroatoms. The fourth-order valence-corrected chi connectivity index (χ4v) is 1.38. The van der Waals surface area contributed by atoms with Crippen LogP contribution >= 0.6 is 15.9 Å². The number of halogens is 1. The molecule has 2 nitrogen and oxygen atoms in total. The lowest BCUT2D eigenvalue weighted by molar-refractivity contribution is 1.27. The van der Waals surface area contributed by atoms with E-state index in [0.29, 0.717) is 0 Å². The molecule has 1 rings (SSSR count). The summed E-state index contributed by atoms with van der Waals surface area (Å²) < 4.78 is 1.00. The highest BCUT2D eigenvalue weighted by molar-refractivity contribution is 9.12. The summed E-state index contributed by atoms with van der Waals surface area (Å²) in [4.78, 5) is 4.12.